The molecule has 0 bridgehead atoms. The second-order valence-corrected chi connectivity index (χ2v) is 11.0. The molecule has 0 saturated heterocycles. The number of methoxy groups -OCH3 is 2. The number of aliphatic hydroxyl groups excluding tert-OH is 1. The quantitative estimate of drug-likeness (QED) is 0.0568. The van der Waals surface area contributed by atoms with E-state index in [0.717, 1.165) is 0 Å². The highest BCUT2D eigenvalue weighted by Gasteiger charge is 2.32. The lowest BCUT2D eigenvalue weighted by Gasteiger charge is -2.28. The summed E-state index contributed by atoms with van der Waals surface area (Å²) in [6, 6.07) is 13.2. The van der Waals surface area contributed by atoms with Crippen LogP contribution in [0.1, 0.15) is 36.6 Å². The normalized spacial score (nSPS) is 14.9. The summed E-state index contributed by atoms with van der Waals surface area (Å²) in [6.07, 6.45) is 0.247. The van der Waals surface area contributed by atoms with Gasteiger partial charge in [0.1, 0.15) is 13.2 Å². The molecule has 0 aliphatic carbocycles. The van der Waals surface area contributed by atoms with Crippen LogP contribution in [0.3, 0.4) is 0 Å². The van der Waals surface area contributed by atoms with E-state index in [4.69, 9.17) is 23.7 Å². The topological polar surface area (TPSA) is 192 Å². The Balaban J connectivity index is 1.39. The maximum atomic E-state index is 12.5. The number of carbonyl (C=O) groups is 2. The molecule has 254 valence electrons. The fourth-order valence-corrected chi connectivity index (χ4v) is 5.08. The fourth-order valence-electron chi connectivity index (χ4n) is 4.66. The minimum Gasteiger partial charge on any atom is -0.493 e. The molecule has 15 nitrogen and oxygen atoms in total. The minimum absolute atomic E-state index is 0.0317. The Labute approximate surface area is 284 Å². The molecule has 48 heavy (non-hydrogen) atoms. The zero-order valence-electron chi connectivity index (χ0n) is 26.4. The van der Waals surface area contributed by atoms with E-state index in [-0.39, 0.29) is 24.5 Å². The van der Waals surface area contributed by atoms with Crippen LogP contribution in [0.15, 0.2) is 75.4 Å². The van der Waals surface area contributed by atoms with E-state index in [1.54, 1.807) is 56.3 Å². The Morgan fingerprint density at radius 1 is 1.10 bits per heavy atom. The van der Waals surface area contributed by atoms with Crippen LogP contribution >= 0.6 is 15.9 Å². The van der Waals surface area contributed by atoms with Crippen LogP contribution in [-0.4, -0.2) is 61.9 Å². The highest BCUT2D eigenvalue weighted by molar-refractivity contribution is 9.10. The summed E-state index contributed by atoms with van der Waals surface area (Å²) in [6.45, 7) is 3.59. The largest absolute Gasteiger partial charge is 0.493 e. The number of nitro groups is 1. The number of carbonyl (C=O) groups excluding carboxylic acids is 2. The average Bonchev–Trinajstić information content (AvgIpc) is 3.07. The SMILES string of the molecule is CCOc1cc([C@H]2NC(=O)NC(C)=C2C(=O)OC)ccc1OC[C@H](O)N/N=C\c1cc(OC)c(OCc2cccc([N+](=O)[O-])c2)cc1Br. The van der Waals surface area contributed by atoms with Crippen LogP contribution in [0.25, 0.3) is 0 Å². The van der Waals surface area contributed by atoms with Crippen molar-refractivity contribution in [2.75, 3.05) is 27.4 Å². The van der Waals surface area contributed by atoms with E-state index in [2.05, 4.69) is 37.1 Å². The van der Waals surface area contributed by atoms with Crippen molar-refractivity contribution in [2.24, 2.45) is 5.10 Å². The second kappa shape index (κ2) is 16.5. The van der Waals surface area contributed by atoms with Crippen molar-refractivity contribution in [1.82, 2.24) is 16.1 Å². The zero-order valence-corrected chi connectivity index (χ0v) is 28.0. The first-order valence-electron chi connectivity index (χ1n) is 14.5. The third kappa shape index (κ3) is 8.92. The van der Waals surface area contributed by atoms with Gasteiger partial charge in [0.25, 0.3) is 5.69 Å². The number of esters is 1. The van der Waals surface area contributed by atoms with Gasteiger partial charge in [0, 0.05) is 27.9 Å². The number of rotatable bonds is 15. The molecule has 1 heterocycles. The number of nitrogens with zero attached hydrogens (tertiary/aromatic N) is 2. The molecule has 0 spiro atoms. The molecule has 0 radical (unpaired) electrons. The number of non-ortho nitro benzene ring substituents is 1. The van der Waals surface area contributed by atoms with Crippen LogP contribution in [-0.2, 0) is 16.1 Å². The van der Waals surface area contributed by atoms with Crippen LogP contribution < -0.4 is 35.0 Å². The highest BCUT2D eigenvalue weighted by Crippen LogP contribution is 2.36. The molecule has 0 aromatic heterocycles. The monoisotopic (exact) mass is 727 g/mol. The maximum Gasteiger partial charge on any atom is 0.337 e. The molecule has 3 aromatic rings. The van der Waals surface area contributed by atoms with Crippen molar-refractivity contribution in [3.8, 4) is 23.0 Å². The summed E-state index contributed by atoms with van der Waals surface area (Å²) < 4.78 is 28.4. The average molecular weight is 729 g/mol. The van der Waals surface area contributed by atoms with Gasteiger partial charge < -0.3 is 39.4 Å². The smallest absolute Gasteiger partial charge is 0.337 e. The van der Waals surface area contributed by atoms with Gasteiger partial charge in [-0.15, -0.1) is 0 Å². The Bertz CT molecular complexity index is 1730. The lowest BCUT2D eigenvalue weighted by Crippen LogP contribution is -2.45. The predicted molar refractivity (Wildman–Crippen MR) is 177 cm³/mol. The standard InChI is InChI=1S/C32H34BrN5O10/c1-5-46-26-12-20(30-29(31(40)45-4)18(2)35-32(41)36-30)9-10-24(26)48-17-28(39)37-34-15-21-13-25(44-3)27(14-23(21)33)47-16-19-7-6-8-22(11-19)38(42)43/h6-15,28,30,37,39H,5,16-17H2,1-4H3,(H2,35,36,41)/b34-15-/t28-,30+/m0/s1. The van der Waals surface area contributed by atoms with Crippen molar-refractivity contribution in [3.05, 3.63) is 97.1 Å². The zero-order chi connectivity index (χ0) is 34.8. The van der Waals surface area contributed by atoms with Gasteiger partial charge in [0.05, 0.1) is 43.6 Å². The molecule has 0 fully saturated rings. The molecular formula is C32H34BrN5O10. The first kappa shape index (κ1) is 35.5. The number of hydrogen-bond acceptors (Lipinski definition) is 12. The molecule has 4 rings (SSSR count). The fraction of sp³-hybridized carbons (Fsp3) is 0.281. The van der Waals surface area contributed by atoms with E-state index < -0.39 is 29.2 Å². The van der Waals surface area contributed by atoms with Gasteiger partial charge in [-0.1, -0.05) is 18.2 Å². The van der Waals surface area contributed by atoms with Crippen molar-refractivity contribution in [1.29, 1.82) is 0 Å². The van der Waals surface area contributed by atoms with Crippen molar-refractivity contribution < 1.29 is 43.3 Å². The van der Waals surface area contributed by atoms with E-state index in [1.807, 2.05) is 0 Å². The van der Waals surface area contributed by atoms with Gasteiger partial charge in [0.2, 0.25) is 0 Å². The number of hydrazone groups is 1. The molecule has 0 unspecified atom stereocenters. The number of allylic oxidation sites excluding steroid dienone is 1. The van der Waals surface area contributed by atoms with E-state index in [1.165, 1.54) is 32.6 Å². The Kier molecular flexibility index (Phi) is 12.2. The molecule has 1 aliphatic heterocycles. The third-order valence-electron chi connectivity index (χ3n) is 6.90. The van der Waals surface area contributed by atoms with E-state index in [9.17, 15) is 24.8 Å². The number of aliphatic hydroxyl groups is 1. The lowest BCUT2D eigenvalue weighted by atomic mass is 9.95. The van der Waals surface area contributed by atoms with E-state index in [0.29, 0.717) is 56.5 Å². The molecule has 0 saturated carbocycles. The van der Waals surface area contributed by atoms with Gasteiger partial charge in [-0.3, -0.25) is 15.5 Å². The third-order valence-corrected chi connectivity index (χ3v) is 7.58. The minimum atomic E-state index is -1.21. The predicted octanol–water partition coefficient (Wildman–Crippen LogP) is 4.47. The van der Waals surface area contributed by atoms with E-state index >= 15 is 0 Å². The number of urea groups is 1. The van der Waals surface area contributed by atoms with Crippen molar-refractivity contribution in [3.63, 3.8) is 0 Å². The Hall–Kier alpha value is -5.35. The van der Waals surface area contributed by atoms with Gasteiger partial charge >= 0.3 is 12.0 Å². The van der Waals surface area contributed by atoms with Crippen LogP contribution in [0.4, 0.5) is 10.5 Å². The Morgan fingerprint density at radius 2 is 1.88 bits per heavy atom. The molecule has 1 aliphatic rings. The Morgan fingerprint density at radius 3 is 2.58 bits per heavy atom. The van der Waals surface area contributed by atoms with Crippen molar-refractivity contribution in [2.45, 2.75) is 32.7 Å². The summed E-state index contributed by atoms with van der Waals surface area (Å²) in [5.74, 6) is 0.865. The summed E-state index contributed by atoms with van der Waals surface area (Å²) in [5.41, 5.74) is 4.96. The van der Waals surface area contributed by atoms with Crippen LogP contribution in [0.2, 0.25) is 0 Å². The van der Waals surface area contributed by atoms with Crippen molar-refractivity contribution >= 4 is 39.8 Å². The lowest BCUT2D eigenvalue weighted by molar-refractivity contribution is -0.384. The molecule has 3 aromatic carbocycles. The number of halogens is 1. The number of nitro benzene ring substituents is 1. The number of hydrogen-bond donors (Lipinski definition) is 4. The van der Waals surface area contributed by atoms with Crippen LogP contribution in [0.5, 0.6) is 23.0 Å². The molecule has 4 N–H and O–H groups in total. The maximum absolute atomic E-state index is 12.5. The number of amides is 2. The van der Waals surface area contributed by atoms with Gasteiger partial charge in [-0.2, -0.15) is 5.10 Å². The molecule has 2 atom stereocenters. The highest BCUT2D eigenvalue weighted by atomic mass is 79.9. The second-order valence-electron chi connectivity index (χ2n) is 10.2. The first-order chi connectivity index (χ1) is 23.0. The summed E-state index contributed by atoms with van der Waals surface area (Å²) in [5, 5.41) is 31.0. The number of benzene rings is 3. The number of nitrogens with one attached hydrogen (secondary N) is 3. The molecule has 16 heteroatoms. The summed E-state index contributed by atoms with van der Waals surface area (Å²) in [4.78, 5) is 35.2. The molecule has 2 amide bonds. The first-order valence-corrected chi connectivity index (χ1v) is 15.3. The summed E-state index contributed by atoms with van der Waals surface area (Å²) >= 11 is 3.48. The summed E-state index contributed by atoms with van der Waals surface area (Å²) in [7, 11) is 2.74. The molecular weight excluding hydrogens is 694 g/mol. The van der Waals surface area contributed by atoms with Gasteiger partial charge in [0.15, 0.2) is 29.2 Å². The van der Waals surface area contributed by atoms with Crippen LogP contribution in [0, 0.1) is 10.1 Å². The van der Waals surface area contributed by atoms with Gasteiger partial charge in [-0.05, 0) is 65.2 Å². The number of ether oxygens (including phenoxy) is 5. The van der Waals surface area contributed by atoms with Gasteiger partial charge in [-0.25, -0.2) is 9.59 Å².